The number of aromatic nitrogens is 2. The predicted octanol–water partition coefficient (Wildman–Crippen LogP) is 3.47. The average molecular weight is 485 g/mol. The van der Waals surface area contributed by atoms with Gasteiger partial charge in [0, 0.05) is 19.8 Å². The molecule has 27 heavy (non-hydrogen) atoms. The van der Waals surface area contributed by atoms with Crippen molar-refractivity contribution in [1.82, 2.24) is 20.4 Å². The number of nitrogens with zero attached hydrogens (tertiary/aromatic N) is 3. The average Bonchev–Trinajstić information content (AvgIpc) is 3.01. The van der Waals surface area contributed by atoms with Crippen LogP contribution in [0.25, 0.3) is 0 Å². The molecule has 0 aliphatic carbocycles. The van der Waals surface area contributed by atoms with E-state index in [1.165, 1.54) is 5.56 Å². The van der Waals surface area contributed by atoms with E-state index in [-0.39, 0.29) is 29.4 Å². The van der Waals surface area contributed by atoms with Gasteiger partial charge in [-0.15, -0.1) is 24.0 Å². The summed E-state index contributed by atoms with van der Waals surface area (Å²) < 4.78 is 7.84. The molecule has 0 fully saturated rings. The van der Waals surface area contributed by atoms with E-state index < -0.39 is 0 Å². The standard InChI is InChI=1S/C20H31N5O.HI/c1-6-21-19(23-15-16-11-12-24-25(16)5)22-13-14-26-18-10-8-7-9-17(18)20(2,3)4;/h7-12H,6,13-15H2,1-5H3,(H2,21,22,23);1H. The molecule has 0 unspecified atom stereocenters. The number of nitrogens with one attached hydrogen (secondary N) is 2. The van der Waals surface area contributed by atoms with Crippen LogP contribution in [-0.4, -0.2) is 35.4 Å². The number of benzene rings is 1. The summed E-state index contributed by atoms with van der Waals surface area (Å²) in [5, 5.41) is 10.7. The van der Waals surface area contributed by atoms with E-state index in [4.69, 9.17) is 4.74 Å². The number of hydrogen-bond acceptors (Lipinski definition) is 3. The second-order valence-electron chi connectivity index (χ2n) is 7.16. The minimum absolute atomic E-state index is 0. The van der Waals surface area contributed by atoms with E-state index in [1.54, 1.807) is 6.20 Å². The first-order valence-electron chi connectivity index (χ1n) is 9.13. The normalized spacial score (nSPS) is 11.7. The first-order chi connectivity index (χ1) is 12.4. The Morgan fingerprint density at radius 2 is 1.93 bits per heavy atom. The third-order valence-electron chi connectivity index (χ3n) is 4.01. The summed E-state index contributed by atoms with van der Waals surface area (Å²) in [6.45, 7) is 11.3. The first kappa shape index (κ1) is 23.3. The number of halogens is 1. The van der Waals surface area contributed by atoms with Crippen LogP contribution in [0.5, 0.6) is 5.75 Å². The molecule has 1 aromatic heterocycles. The van der Waals surface area contributed by atoms with Crippen LogP contribution in [-0.2, 0) is 19.0 Å². The van der Waals surface area contributed by atoms with Crippen LogP contribution >= 0.6 is 24.0 Å². The van der Waals surface area contributed by atoms with Crippen molar-refractivity contribution in [3.63, 3.8) is 0 Å². The molecule has 0 aliphatic heterocycles. The summed E-state index contributed by atoms with van der Waals surface area (Å²) in [4.78, 5) is 4.60. The number of hydrogen-bond donors (Lipinski definition) is 2. The van der Waals surface area contributed by atoms with Crippen LogP contribution in [0.3, 0.4) is 0 Å². The predicted molar refractivity (Wildman–Crippen MR) is 122 cm³/mol. The number of guanidine groups is 1. The SMILES string of the molecule is CCNC(=NCc1ccnn1C)NCCOc1ccccc1C(C)(C)C.I. The van der Waals surface area contributed by atoms with Crippen molar-refractivity contribution in [3.05, 3.63) is 47.8 Å². The van der Waals surface area contributed by atoms with Gasteiger partial charge < -0.3 is 15.4 Å². The highest BCUT2D eigenvalue weighted by Gasteiger charge is 2.18. The Bertz CT molecular complexity index is 721. The molecule has 1 heterocycles. The molecule has 7 heteroatoms. The Balaban J connectivity index is 0.00000364. The van der Waals surface area contributed by atoms with E-state index in [9.17, 15) is 0 Å². The van der Waals surface area contributed by atoms with Gasteiger partial charge in [-0.3, -0.25) is 4.68 Å². The minimum atomic E-state index is 0. The quantitative estimate of drug-likeness (QED) is 0.273. The highest BCUT2D eigenvalue weighted by molar-refractivity contribution is 14.0. The van der Waals surface area contributed by atoms with Crippen LogP contribution in [0.15, 0.2) is 41.5 Å². The molecule has 1 aromatic carbocycles. The lowest BCUT2D eigenvalue weighted by Crippen LogP contribution is -2.39. The Hall–Kier alpha value is -1.77. The van der Waals surface area contributed by atoms with Gasteiger partial charge >= 0.3 is 0 Å². The lowest BCUT2D eigenvalue weighted by molar-refractivity contribution is 0.313. The van der Waals surface area contributed by atoms with Gasteiger partial charge in [-0.2, -0.15) is 5.10 Å². The van der Waals surface area contributed by atoms with Crippen molar-refractivity contribution >= 4 is 29.9 Å². The number of ether oxygens (including phenoxy) is 1. The van der Waals surface area contributed by atoms with Gasteiger partial charge in [-0.05, 0) is 30.0 Å². The second-order valence-corrected chi connectivity index (χ2v) is 7.16. The molecule has 2 rings (SSSR count). The van der Waals surface area contributed by atoms with Crippen LogP contribution in [0.2, 0.25) is 0 Å². The molecule has 0 aliphatic rings. The molecule has 0 spiro atoms. The van der Waals surface area contributed by atoms with E-state index in [2.05, 4.69) is 60.6 Å². The minimum Gasteiger partial charge on any atom is -0.491 e. The third kappa shape index (κ3) is 7.40. The summed E-state index contributed by atoms with van der Waals surface area (Å²) in [7, 11) is 1.92. The maximum absolute atomic E-state index is 6.00. The summed E-state index contributed by atoms with van der Waals surface area (Å²) in [5.74, 6) is 1.72. The summed E-state index contributed by atoms with van der Waals surface area (Å²) in [6.07, 6.45) is 1.78. The molecule has 6 nitrogen and oxygen atoms in total. The molecular formula is C20H32IN5O. The van der Waals surface area contributed by atoms with Crippen molar-refractivity contribution in [1.29, 1.82) is 0 Å². The van der Waals surface area contributed by atoms with Crippen molar-refractivity contribution < 1.29 is 4.74 Å². The van der Waals surface area contributed by atoms with Gasteiger partial charge in [0.25, 0.3) is 0 Å². The molecule has 0 saturated carbocycles. The van der Waals surface area contributed by atoms with Gasteiger partial charge in [-0.1, -0.05) is 39.0 Å². The molecule has 0 amide bonds. The summed E-state index contributed by atoms with van der Waals surface area (Å²) in [6, 6.07) is 10.2. The van der Waals surface area contributed by atoms with Crippen LogP contribution in [0.1, 0.15) is 39.0 Å². The van der Waals surface area contributed by atoms with Gasteiger partial charge in [0.05, 0.1) is 18.8 Å². The largest absolute Gasteiger partial charge is 0.491 e. The zero-order chi connectivity index (χ0) is 19.0. The van der Waals surface area contributed by atoms with Gasteiger partial charge in [0.15, 0.2) is 5.96 Å². The van der Waals surface area contributed by atoms with E-state index in [0.717, 1.165) is 23.9 Å². The Kier molecular flexibility index (Phi) is 9.62. The number of rotatable bonds is 7. The van der Waals surface area contributed by atoms with Crippen molar-refractivity contribution in [2.45, 2.75) is 39.7 Å². The highest BCUT2D eigenvalue weighted by Crippen LogP contribution is 2.30. The molecule has 150 valence electrons. The van der Waals surface area contributed by atoms with Crippen molar-refractivity contribution in [2.24, 2.45) is 12.0 Å². The van der Waals surface area contributed by atoms with Crippen molar-refractivity contribution in [2.75, 3.05) is 19.7 Å². The van der Waals surface area contributed by atoms with Gasteiger partial charge in [-0.25, -0.2) is 4.99 Å². The topological polar surface area (TPSA) is 63.5 Å². The van der Waals surface area contributed by atoms with E-state index in [1.807, 2.05) is 29.9 Å². The molecule has 2 aromatic rings. The molecule has 0 bridgehead atoms. The van der Waals surface area contributed by atoms with Crippen LogP contribution < -0.4 is 15.4 Å². The second kappa shape index (κ2) is 11.2. The summed E-state index contributed by atoms with van der Waals surface area (Å²) in [5.41, 5.74) is 2.35. The maximum atomic E-state index is 6.00. The number of aliphatic imine (C=N–C) groups is 1. The fourth-order valence-corrected chi connectivity index (χ4v) is 2.60. The number of aryl methyl sites for hydroxylation is 1. The van der Waals surface area contributed by atoms with Crippen LogP contribution in [0, 0.1) is 0 Å². The molecular weight excluding hydrogens is 453 g/mol. The van der Waals surface area contributed by atoms with Gasteiger partial charge in [0.1, 0.15) is 12.4 Å². The Morgan fingerprint density at radius 1 is 1.19 bits per heavy atom. The lowest BCUT2D eigenvalue weighted by Gasteiger charge is -2.22. The van der Waals surface area contributed by atoms with Crippen molar-refractivity contribution in [3.8, 4) is 5.75 Å². The van der Waals surface area contributed by atoms with E-state index in [0.29, 0.717) is 19.7 Å². The molecule has 2 N–H and O–H groups in total. The fourth-order valence-electron chi connectivity index (χ4n) is 2.60. The first-order valence-corrected chi connectivity index (χ1v) is 9.13. The Morgan fingerprint density at radius 3 is 2.56 bits per heavy atom. The smallest absolute Gasteiger partial charge is 0.191 e. The molecule has 0 saturated heterocycles. The van der Waals surface area contributed by atoms with Crippen LogP contribution in [0.4, 0.5) is 0 Å². The Labute approximate surface area is 179 Å². The van der Waals surface area contributed by atoms with Gasteiger partial charge in [0.2, 0.25) is 0 Å². The van der Waals surface area contributed by atoms with E-state index >= 15 is 0 Å². The molecule has 0 atom stereocenters. The summed E-state index contributed by atoms with van der Waals surface area (Å²) >= 11 is 0. The zero-order valence-electron chi connectivity index (χ0n) is 17.0. The fraction of sp³-hybridized carbons (Fsp3) is 0.500. The number of para-hydroxylation sites is 1. The third-order valence-corrected chi connectivity index (χ3v) is 4.01. The molecule has 0 radical (unpaired) electrons. The monoisotopic (exact) mass is 485 g/mol. The highest BCUT2D eigenvalue weighted by atomic mass is 127. The maximum Gasteiger partial charge on any atom is 0.191 e. The zero-order valence-corrected chi connectivity index (χ0v) is 19.3. The lowest BCUT2D eigenvalue weighted by atomic mass is 9.86.